The van der Waals surface area contributed by atoms with Crippen LogP contribution < -0.4 is 10.2 Å². The van der Waals surface area contributed by atoms with Gasteiger partial charge in [-0.1, -0.05) is 24.6 Å². The lowest BCUT2D eigenvalue weighted by Crippen LogP contribution is -2.29. The Hall–Kier alpha value is -0.770. The molecule has 0 fully saturated rings. The molecule has 0 bridgehead atoms. The second-order valence-corrected chi connectivity index (χ2v) is 4.77. The number of anilines is 1. The maximum atomic E-state index is 6.13. The van der Waals surface area contributed by atoms with Crippen molar-refractivity contribution in [2.45, 2.75) is 27.3 Å². The minimum atomic E-state index is 0.748. The van der Waals surface area contributed by atoms with Crippen molar-refractivity contribution < 1.29 is 4.74 Å². The van der Waals surface area contributed by atoms with Gasteiger partial charge in [-0.15, -0.1) is 0 Å². The van der Waals surface area contributed by atoms with Crippen LogP contribution in [0.1, 0.15) is 26.3 Å². The van der Waals surface area contributed by atoms with Crippen LogP contribution in [-0.2, 0) is 11.3 Å². The van der Waals surface area contributed by atoms with E-state index in [-0.39, 0.29) is 0 Å². The summed E-state index contributed by atoms with van der Waals surface area (Å²) in [4.78, 5) is 2.31. The second-order valence-electron chi connectivity index (χ2n) is 4.33. The first kappa shape index (κ1) is 16.3. The van der Waals surface area contributed by atoms with Gasteiger partial charge in [0.15, 0.2) is 0 Å². The predicted octanol–water partition coefficient (Wildman–Crippen LogP) is 3.31. The molecule has 0 aliphatic rings. The first-order valence-corrected chi connectivity index (χ1v) is 7.42. The smallest absolute Gasteiger partial charge is 0.0641 e. The van der Waals surface area contributed by atoms with E-state index < -0.39 is 0 Å². The van der Waals surface area contributed by atoms with Crippen molar-refractivity contribution in [3.63, 3.8) is 0 Å². The van der Waals surface area contributed by atoms with Gasteiger partial charge in [0.1, 0.15) is 0 Å². The molecule has 0 aliphatic carbocycles. The summed E-state index contributed by atoms with van der Waals surface area (Å²) in [5, 5.41) is 4.15. The third-order valence-corrected chi connectivity index (χ3v) is 3.28. The van der Waals surface area contributed by atoms with Gasteiger partial charge in [-0.25, -0.2) is 0 Å². The lowest BCUT2D eigenvalue weighted by atomic mass is 10.1. The van der Waals surface area contributed by atoms with E-state index in [1.54, 1.807) is 0 Å². The Morgan fingerprint density at radius 2 is 2.05 bits per heavy atom. The lowest BCUT2D eigenvalue weighted by Gasteiger charge is -2.26. The fraction of sp³-hybridized carbons (Fsp3) is 0.600. The van der Waals surface area contributed by atoms with Crippen molar-refractivity contribution in [1.29, 1.82) is 0 Å². The molecule has 1 aromatic carbocycles. The molecule has 0 saturated carbocycles. The molecule has 0 spiro atoms. The maximum absolute atomic E-state index is 6.13. The van der Waals surface area contributed by atoms with E-state index in [1.807, 2.05) is 19.1 Å². The highest BCUT2D eigenvalue weighted by atomic mass is 35.5. The Kier molecular flexibility index (Phi) is 7.87. The van der Waals surface area contributed by atoms with Crippen molar-refractivity contribution in [3.8, 4) is 0 Å². The van der Waals surface area contributed by atoms with Crippen molar-refractivity contribution in [2.24, 2.45) is 0 Å². The van der Waals surface area contributed by atoms with E-state index in [0.29, 0.717) is 0 Å². The summed E-state index contributed by atoms with van der Waals surface area (Å²) in [6, 6.07) is 6.10. The lowest BCUT2D eigenvalue weighted by molar-refractivity contribution is 0.154. The molecule has 0 aliphatic heterocycles. The summed E-state index contributed by atoms with van der Waals surface area (Å²) in [6.45, 7) is 11.5. The predicted molar refractivity (Wildman–Crippen MR) is 83.2 cm³/mol. The largest absolute Gasteiger partial charge is 0.380 e. The van der Waals surface area contributed by atoms with Crippen molar-refractivity contribution in [2.75, 3.05) is 37.7 Å². The van der Waals surface area contributed by atoms with Crippen LogP contribution in [-0.4, -0.2) is 32.8 Å². The summed E-state index contributed by atoms with van der Waals surface area (Å²) in [6.07, 6.45) is 0. The average molecular weight is 285 g/mol. The monoisotopic (exact) mass is 284 g/mol. The zero-order valence-electron chi connectivity index (χ0n) is 12.2. The summed E-state index contributed by atoms with van der Waals surface area (Å²) in [5.41, 5.74) is 2.49. The van der Waals surface area contributed by atoms with E-state index >= 15 is 0 Å². The fourth-order valence-corrected chi connectivity index (χ4v) is 2.17. The van der Waals surface area contributed by atoms with E-state index in [2.05, 4.69) is 30.1 Å². The number of rotatable bonds is 9. The SMILES string of the molecule is CCNCc1ccc(Cl)cc1N(CC)CCOCC. The maximum Gasteiger partial charge on any atom is 0.0641 e. The molecule has 0 saturated heterocycles. The third kappa shape index (κ3) is 5.39. The van der Waals surface area contributed by atoms with Gasteiger partial charge in [0.05, 0.1) is 6.61 Å². The molecule has 0 heterocycles. The van der Waals surface area contributed by atoms with Crippen molar-refractivity contribution in [3.05, 3.63) is 28.8 Å². The molecule has 3 nitrogen and oxygen atoms in total. The molecule has 0 atom stereocenters. The molecule has 1 aromatic rings. The van der Waals surface area contributed by atoms with Gasteiger partial charge in [0.25, 0.3) is 0 Å². The molecule has 0 amide bonds. The summed E-state index contributed by atoms with van der Waals surface area (Å²) < 4.78 is 5.45. The zero-order valence-corrected chi connectivity index (χ0v) is 13.0. The van der Waals surface area contributed by atoms with Crippen molar-refractivity contribution >= 4 is 17.3 Å². The van der Waals surface area contributed by atoms with Crippen LogP contribution in [0.15, 0.2) is 18.2 Å². The number of likely N-dealkylation sites (N-methyl/N-ethyl adjacent to an activating group) is 1. The first-order chi connectivity index (χ1) is 9.22. The second kappa shape index (κ2) is 9.18. The highest BCUT2D eigenvalue weighted by Gasteiger charge is 2.10. The topological polar surface area (TPSA) is 24.5 Å². The van der Waals surface area contributed by atoms with Gasteiger partial charge >= 0.3 is 0 Å². The molecule has 4 heteroatoms. The highest BCUT2D eigenvalue weighted by Crippen LogP contribution is 2.25. The number of hydrogen-bond acceptors (Lipinski definition) is 3. The molecule has 0 unspecified atom stereocenters. The molecule has 1 rings (SSSR count). The van der Waals surface area contributed by atoms with Gasteiger partial charge in [-0.05, 0) is 38.1 Å². The minimum absolute atomic E-state index is 0.748. The van der Waals surface area contributed by atoms with E-state index in [1.165, 1.54) is 11.3 Å². The Morgan fingerprint density at radius 3 is 2.68 bits per heavy atom. The number of hydrogen-bond donors (Lipinski definition) is 1. The molecule has 19 heavy (non-hydrogen) atoms. The van der Waals surface area contributed by atoms with Gasteiger partial charge in [0, 0.05) is 37.0 Å². The molecular formula is C15H25ClN2O. The molecule has 1 N–H and O–H groups in total. The van der Waals surface area contributed by atoms with Crippen LogP contribution >= 0.6 is 11.6 Å². The van der Waals surface area contributed by atoms with Crippen LogP contribution in [0.4, 0.5) is 5.69 Å². The Morgan fingerprint density at radius 1 is 1.26 bits per heavy atom. The van der Waals surface area contributed by atoms with Crippen LogP contribution in [0.5, 0.6) is 0 Å². The summed E-state index contributed by atoms with van der Waals surface area (Å²) in [7, 11) is 0. The van der Waals surface area contributed by atoms with E-state index in [0.717, 1.165) is 44.4 Å². The van der Waals surface area contributed by atoms with E-state index in [4.69, 9.17) is 16.3 Å². The summed E-state index contributed by atoms with van der Waals surface area (Å²) in [5.74, 6) is 0. The Balaban J connectivity index is 2.83. The van der Waals surface area contributed by atoms with E-state index in [9.17, 15) is 0 Å². The number of halogens is 1. The van der Waals surface area contributed by atoms with Crippen LogP contribution in [0.25, 0.3) is 0 Å². The fourth-order valence-electron chi connectivity index (χ4n) is 2.01. The van der Waals surface area contributed by atoms with Crippen LogP contribution in [0.2, 0.25) is 5.02 Å². The molecule has 108 valence electrons. The normalized spacial score (nSPS) is 10.7. The highest BCUT2D eigenvalue weighted by molar-refractivity contribution is 6.30. The van der Waals surface area contributed by atoms with Crippen molar-refractivity contribution in [1.82, 2.24) is 5.32 Å². The van der Waals surface area contributed by atoms with Gasteiger partial charge in [-0.2, -0.15) is 0 Å². The molecule has 0 aromatic heterocycles. The Labute approximate surface area is 121 Å². The van der Waals surface area contributed by atoms with Crippen LogP contribution in [0.3, 0.4) is 0 Å². The third-order valence-electron chi connectivity index (χ3n) is 3.04. The van der Waals surface area contributed by atoms with Gasteiger partial charge in [-0.3, -0.25) is 0 Å². The van der Waals surface area contributed by atoms with Crippen LogP contribution in [0, 0.1) is 0 Å². The standard InChI is InChI=1S/C15H25ClN2O/c1-4-17-12-13-7-8-14(16)11-15(13)18(5-2)9-10-19-6-3/h7-8,11,17H,4-6,9-10,12H2,1-3H3. The van der Waals surface area contributed by atoms with Gasteiger partial charge in [0.2, 0.25) is 0 Å². The number of ether oxygens (including phenoxy) is 1. The Bertz CT molecular complexity index is 371. The number of nitrogens with one attached hydrogen (secondary N) is 1. The summed E-state index contributed by atoms with van der Waals surface area (Å²) >= 11 is 6.13. The average Bonchev–Trinajstić information content (AvgIpc) is 2.42. The first-order valence-electron chi connectivity index (χ1n) is 7.04. The number of nitrogens with zero attached hydrogens (tertiary/aromatic N) is 1. The zero-order chi connectivity index (χ0) is 14.1. The molecule has 0 radical (unpaired) electrons. The molecular weight excluding hydrogens is 260 g/mol. The number of benzene rings is 1. The quantitative estimate of drug-likeness (QED) is 0.704. The minimum Gasteiger partial charge on any atom is -0.380 e. The van der Waals surface area contributed by atoms with Gasteiger partial charge < -0.3 is 15.0 Å².